The van der Waals surface area contributed by atoms with Crippen molar-refractivity contribution in [3.63, 3.8) is 0 Å². The Morgan fingerprint density at radius 2 is 2.00 bits per heavy atom. The average Bonchev–Trinajstić information content (AvgIpc) is 2.39. The first-order valence-corrected chi connectivity index (χ1v) is 6.31. The zero-order valence-electron chi connectivity index (χ0n) is 11.0. The minimum Gasteiger partial charge on any atom is -0.337 e. The fourth-order valence-corrected chi connectivity index (χ4v) is 2.32. The summed E-state index contributed by atoms with van der Waals surface area (Å²) in [6, 6.07) is 9.57. The van der Waals surface area contributed by atoms with Gasteiger partial charge >= 0.3 is 0 Å². The van der Waals surface area contributed by atoms with Crippen LogP contribution < -0.4 is 5.73 Å². The van der Waals surface area contributed by atoms with Crippen LogP contribution in [0, 0.1) is 0 Å². The van der Waals surface area contributed by atoms with Crippen LogP contribution in [0.1, 0.15) is 25.8 Å². The molecule has 1 aliphatic heterocycles. The first kappa shape index (κ1) is 12.8. The lowest BCUT2D eigenvalue weighted by Gasteiger charge is -2.34. The van der Waals surface area contributed by atoms with Crippen LogP contribution in [0.5, 0.6) is 0 Å². The van der Waals surface area contributed by atoms with E-state index >= 15 is 0 Å². The third-order valence-corrected chi connectivity index (χ3v) is 3.44. The van der Waals surface area contributed by atoms with Gasteiger partial charge in [-0.3, -0.25) is 4.79 Å². The van der Waals surface area contributed by atoms with Crippen LogP contribution in [0.3, 0.4) is 0 Å². The van der Waals surface area contributed by atoms with E-state index < -0.39 is 5.54 Å². The lowest BCUT2D eigenvalue weighted by atomic mass is 9.91. The maximum Gasteiger partial charge on any atom is 0.247 e. The SMILES string of the molecule is CC1=CCCN(C(=O)C(C)(N)c2ccccc2)C1. The number of nitrogens with zero attached hydrogens (tertiary/aromatic N) is 1. The average molecular weight is 244 g/mol. The van der Waals surface area contributed by atoms with Gasteiger partial charge in [-0.2, -0.15) is 0 Å². The smallest absolute Gasteiger partial charge is 0.247 e. The van der Waals surface area contributed by atoms with Crippen molar-refractivity contribution in [1.29, 1.82) is 0 Å². The number of benzene rings is 1. The Kier molecular flexibility index (Phi) is 3.53. The van der Waals surface area contributed by atoms with E-state index in [1.165, 1.54) is 5.57 Å². The summed E-state index contributed by atoms with van der Waals surface area (Å²) < 4.78 is 0. The number of hydrogen-bond donors (Lipinski definition) is 1. The van der Waals surface area contributed by atoms with E-state index in [1.54, 1.807) is 6.92 Å². The number of hydrogen-bond acceptors (Lipinski definition) is 2. The van der Waals surface area contributed by atoms with Crippen molar-refractivity contribution in [2.75, 3.05) is 13.1 Å². The molecule has 2 N–H and O–H groups in total. The van der Waals surface area contributed by atoms with Crippen LogP contribution in [0.2, 0.25) is 0 Å². The predicted octanol–water partition coefficient (Wildman–Crippen LogP) is 2.04. The van der Waals surface area contributed by atoms with Crippen molar-refractivity contribution in [3.05, 3.63) is 47.5 Å². The van der Waals surface area contributed by atoms with E-state index in [9.17, 15) is 4.79 Å². The molecule has 1 aromatic carbocycles. The van der Waals surface area contributed by atoms with Crippen molar-refractivity contribution in [3.8, 4) is 0 Å². The largest absolute Gasteiger partial charge is 0.337 e. The second-order valence-electron chi connectivity index (χ2n) is 5.13. The van der Waals surface area contributed by atoms with Gasteiger partial charge in [0.15, 0.2) is 0 Å². The molecule has 0 saturated heterocycles. The summed E-state index contributed by atoms with van der Waals surface area (Å²) in [7, 11) is 0. The van der Waals surface area contributed by atoms with Gasteiger partial charge in [-0.1, -0.05) is 42.0 Å². The zero-order chi connectivity index (χ0) is 13.2. The molecular weight excluding hydrogens is 224 g/mol. The second kappa shape index (κ2) is 4.94. The van der Waals surface area contributed by atoms with Gasteiger partial charge in [0.05, 0.1) is 0 Å². The van der Waals surface area contributed by atoms with Gasteiger partial charge in [0.2, 0.25) is 5.91 Å². The summed E-state index contributed by atoms with van der Waals surface area (Å²) in [5, 5.41) is 0. The van der Waals surface area contributed by atoms with Gasteiger partial charge in [0.25, 0.3) is 0 Å². The normalized spacial score (nSPS) is 19.1. The second-order valence-corrected chi connectivity index (χ2v) is 5.13. The molecule has 3 nitrogen and oxygen atoms in total. The van der Waals surface area contributed by atoms with Crippen LogP contribution >= 0.6 is 0 Å². The third kappa shape index (κ3) is 2.46. The highest BCUT2D eigenvalue weighted by Gasteiger charge is 2.34. The molecule has 1 atom stereocenters. The summed E-state index contributed by atoms with van der Waals surface area (Å²) >= 11 is 0. The molecule has 1 unspecified atom stereocenters. The van der Waals surface area contributed by atoms with Gasteiger partial charge in [-0.15, -0.1) is 0 Å². The van der Waals surface area contributed by atoms with Crippen molar-refractivity contribution in [2.45, 2.75) is 25.8 Å². The molecule has 0 aromatic heterocycles. The summed E-state index contributed by atoms with van der Waals surface area (Å²) in [4.78, 5) is 14.4. The number of rotatable bonds is 2. The van der Waals surface area contributed by atoms with Gasteiger partial charge in [-0.25, -0.2) is 0 Å². The van der Waals surface area contributed by atoms with E-state index in [1.807, 2.05) is 35.2 Å². The van der Waals surface area contributed by atoms with E-state index in [2.05, 4.69) is 13.0 Å². The van der Waals surface area contributed by atoms with Crippen LogP contribution in [0.4, 0.5) is 0 Å². The van der Waals surface area contributed by atoms with Crippen LogP contribution in [-0.2, 0) is 10.3 Å². The molecule has 0 radical (unpaired) electrons. The number of carbonyl (C=O) groups excluding carboxylic acids is 1. The fourth-order valence-electron chi connectivity index (χ4n) is 2.32. The highest BCUT2D eigenvalue weighted by atomic mass is 16.2. The zero-order valence-corrected chi connectivity index (χ0v) is 11.0. The van der Waals surface area contributed by atoms with Gasteiger partial charge in [0.1, 0.15) is 5.54 Å². The molecule has 96 valence electrons. The molecule has 1 aliphatic rings. The molecule has 18 heavy (non-hydrogen) atoms. The van der Waals surface area contributed by atoms with Crippen molar-refractivity contribution >= 4 is 5.91 Å². The van der Waals surface area contributed by atoms with Crippen LogP contribution in [0.15, 0.2) is 42.0 Å². The Balaban J connectivity index is 2.20. The minimum absolute atomic E-state index is 0.00106. The van der Waals surface area contributed by atoms with Crippen LogP contribution in [-0.4, -0.2) is 23.9 Å². The van der Waals surface area contributed by atoms with Gasteiger partial charge in [-0.05, 0) is 25.8 Å². The predicted molar refractivity (Wildman–Crippen MR) is 72.9 cm³/mol. The quantitative estimate of drug-likeness (QED) is 0.809. The minimum atomic E-state index is -0.946. The molecule has 0 bridgehead atoms. The Hall–Kier alpha value is -1.61. The highest BCUT2D eigenvalue weighted by Crippen LogP contribution is 2.22. The maximum atomic E-state index is 12.5. The van der Waals surface area contributed by atoms with Crippen LogP contribution in [0.25, 0.3) is 0 Å². The molecule has 0 saturated carbocycles. The van der Waals surface area contributed by atoms with Crippen molar-refractivity contribution < 1.29 is 4.79 Å². The summed E-state index contributed by atoms with van der Waals surface area (Å²) in [5.74, 6) is 0.00106. The number of nitrogens with two attached hydrogens (primary N) is 1. The van der Waals surface area contributed by atoms with E-state index in [0.29, 0.717) is 6.54 Å². The number of carbonyl (C=O) groups is 1. The monoisotopic (exact) mass is 244 g/mol. The highest BCUT2D eigenvalue weighted by molar-refractivity contribution is 5.87. The summed E-state index contributed by atoms with van der Waals surface area (Å²) in [5.41, 5.74) is 7.40. The first-order chi connectivity index (χ1) is 8.51. The molecule has 0 aliphatic carbocycles. The van der Waals surface area contributed by atoms with E-state index in [-0.39, 0.29) is 5.91 Å². The maximum absolute atomic E-state index is 12.5. The fraction of sp³-hybridized carbons (Fsp3) is 0.400. The molecule has 2 rings (SSSR count). The van der Waals surface area contributed by atoms with E-state index in [0.717, 1.165) is 18.5 Å². The Bertz CT molecular complexity index is 463. The lowest BCUT2D eigenvalue weighted by molar-refractivity contribution is -0.136. The Morgan fingerprint density at radius 3 is 2.61 bits per heavy atom. The van der Waals surface area contributed by atoms with Gasteiger partial charge < -0.3 is 10.6 Å². The Labute approximate surface area is 108 Å². The molecular formula is C15H20N2O. The molecule has 3 heteroatoms. The number of amides is 1. The summed E-state index contributed by atoms with van der Waals surface area (Å²) in [6.07, 6.45) is 3.10. The molecule has 1 heterocycles. The van der Waals surface area contributed by atoms with Gasteiger partial charge in [0, 0.05) is 13.1 Å². The van der Waals surface area contributed by atoms with E-state index in [4.69, 9.17) is 5.73 Å². The van der Waals surface area contributed by atoms with Crippen molar-refractivity contribution in [2.24, 2.45) is 5.73 Å². The standard InChI is InChI=1S/C15H20N2O/c1-12-7-6-10-17(11-12)14(18)15(2,16)13-8-4-3-5-9-13/h3-5,7-9H,6,10-11,16H2,1-2H3. The molecule has 0 fully saturated rings. The lowest BCUT2D eigenvalue weighted by Crippen LogP contribution is -2.52. The first-order valence-electron chi connectivity index (χ1n) is 6.31. The molecule has 0 spiro atoms. The third-order valence-electron chi connectivity index (χ3n) is 3.44. The Morgan fingerprint density at radius 1 is 1.33 bits per heavy atom. The molecule has 1 aromatic rings. The topological polar surface area (TPSA) is 46.3 Å². The summed E-state index contributed by atoms with van der Waals surface area (Å²) in [6.45, 7) is 5.29. The molecule has 1 amide bonds. The van der Waals surface area contributed by atoms with Crippen molar-refractivity contribution in [1.82, 2.24) is 4.90 Å².